The maximum absolute atomic E-state index is 10.8. The molecule has 0 aromatic heterocycles. The van der Waals surface area contributed by atoms with Gasteiger partial charge in [0.2, 0.25) is 0 Å². The van der Waals surface area contributed by atoms with Crippen LogP contribution in [0.5, 0.6) is 0 Å². The summed E-state index contributed by atoms with van der Waals surface area (Å²) in [5, 5.41) is 8.61. The highest BCUT2D eigenvalue weighted by molar-refractivity contribution is 5.87. The molecule has 2 unspecified atom stereocenters. The zero-order chi connectivity index (χ0) is 11.3. The van der Waals surface area contributed by atoms with Crippen LogP contribution in [0.15, 0.2) is 12.2 Å². The van der Waals surface area contributed by atoms with Gasteiger partial charge in [0.1, 0.15) is 0 Å². The van der Waals surface area contributed by atoms with Crippen molar-refractivity contribution in [3.05, 3.63) is 12.2 Å². The molecule has 15 heavy (non-hydrogen) atoms. The van der Waals surface area contributed by atoms with Crippen molar-refractivity contribution >= 4 is 11.8 Å². The predicted molar refractivity (Wildman–Crippen MR) is 57.5 cm³/mol. The smallest absolute Gasteiger partial charge is 0.303 e. The molecule has 0 radical (unpaired) electrons. The summed E-state index contributed by atoms with van der Waals surface area (Å²) in [5.41, 5.74) is 0. The van der Waals surface area contributed by atoms with Gasteiger partial charge in [0.05, 0.1) is 0 Å². The van der Waals surface area contributed by atoms with Gasteiger partial charge in [-0.2, -0.15) is 0 Å². The Bertz CT molecular complexity index is 268. The Balaban J connectivity index is 2.42. The molecule has 1 N–H and O–H groups in total. The van der Waals surface area contributed by atoms with Crippen molar-refractivity contribution in [3.8, 4) is 0 Å². The Morgan fingerprint density at radius 3 is 2.73 bits per heavy atom. The first kappa shape index (κ1) is 12.0. The topological polar surface area (TPSA) is 54.4 Å². The molecule has 0 heterocycles. The van der Waals surface area contributed by atoms with E-state index in [9.17, 15) is 9.59 Å². The molecule has 1 fully saturated rings. The van der Waals surface area contributed by atoms with Crippen LogP contribution in [0.25, 0.3) is 0 Å². The average Bonchev–Trinajstić information content (AvgIpc) is 2.58. The van der Waals surface area contributed by atoms with Gasteiger partial charge in [-0.15, -0.1) is 0 Å². The standard InChI is InChI=1S/C12H18O3/c1-9(13)5-6-10-3-2-4-11(10)7-8-12(14)15/h5-6,10-11H,2-4,7-8H2,1H3,(H,14,15). The highest BCUT2D eigenvalue weighted by Gasteiger charge is 2.25. The lowest BCUT2D eigenvalue weighted by molar-refractivity contribution is -0.137. The third-order valence-corrected chi connectivity index (χ3v) is 3.02. The normalized spacial score (nSPS) is 25.9. The summed E-state index contributed by atoms with van der Waals surface area (Å²) < 4.78 is 0. The lowest BCUT2D eigenvalue weighted by Gasteiger charge is -2.14. The number of carbonyl (C=O) groups excluding carboxylic acids is 1. The van der Waals surface area contributed by atoms with Gasteiger partial charge in [-0.1, -0.05) is 12.5 Å². The van der Waals surface area contributed by atoms with Gasteiger partial charge in [0.25, 0.3) is 0 Å². The molecule has 2 atom stereocenters. The summed E-state index contributed by atoms with van der Waals surface area (Å²) in [6.45, 7) is 1.54. The summed E-state index contributed by atoms with van der Waals surface area (Å²) in [6, 6.07) is 0. The van der Waals surface area contributed by atoms with Crippen LogP contribution in [0.2, 0.25) is 0 Å². The molecule has 1 rings (SSSR count). The third-order valence-electron chi connectivity index (χ3n) is 3.02. The van der Waals surface area contributed by atoms with Crippen molar-refractivity contribution in [1.29, 1.82) is 0 Å². The lowest BCUT2D eigenvalue weighted by Crippen LogP contribution is -2.08. The van der Waals surface area contributed by atoms with Gasteiger partial charge in [0.15, 0.2) is 5.78 Å². The molecule has 1 saturated carbocycles. The summed E-state index contributed by atoms with van der Waals surface area (Å²) >= 11 is 0. The Kier molecular flexibility index (Phi) is 4.53. The molecule has 0 spiro atoms. The second-order valence-electron chi connectivity index (χ2n) is 4.26. The van der Waals surface area contributed by atoms with Crippen LogP contribution in [-0.4, -0.2) is 16.9 Å². The molecule has 3 heteroatoms. The van der Waals surface area contributed by atoms with Crippen molar-refractivity contribution in [2.45, 2.75) is 39.0 Å². The minimum absolute atomic E-state index is 0.0684. The van der Waals surface area contributed by atoms with Gasteiger partial charge < -0.3 is 5.11 Å². The van der Waals surface area contributed by atoms with E-state index in [0.29, 0.717) is 11.8 Å². The summed E-state index contributed by atoms with van der Waals surface area (Å²) in [4.78, 5) is 21.2. The van der Waals surface area contributed by atoms with E-state index in [4.69, 9.17) is 5.11 Å². The van der Waals surface area contributed by atoms with E-state index in [1.807, 2.05) is 6.08 Å². The van der Waals surface area contributed by atoms with Gasteiger partial charge in [0, 0.05) is 6.42 Å². The maximum Gasteiger partial charge on any atom is 0.303 e. The number of carboxylic acids is 1. The molecule has 0 bridgehead atoms. The van der Waals surface area contributed by atoms with Crippen LogP contribution >= 0.6 is 0 Å². The molecule has 0 aromatic carbocycles. The quantitative estimate of drug-likeness (QED) is 0.709. The number of hydrogen-bond donors (Lipinski definition) is 1. The van der Waals surface area contributed by atoms with E-state index in [0.717, 1.165) is 25.7 Å². The first-order valence-corrected chi connectivity index (χ1v) is 5.50. The van der Waals surface area contributed by atoms with Crippen molar-refractivity contribution < 1.29 is 14.7 Å². The number of aliphatic carboxylic acids is 1. The number of carboxylic acid groups (broad SMARTS) is 1. The van der Waals surface area contributed by atoms with E-state index in [2.05, 4.69) is 0 Å². The predicted octanol–water partition coefficient (Wildman–Crippen LogP) is 2.41. The Morgan fingerprint density at radius 1 is 1.40 bits per heavy atom. The highest BCUT2D eigenvalue weighted by Crippen LogP contribution is 2.35. The Labute approximate surface area is 90.2 Å². The van der Waals surface area contributed by atoms with E-state index < -0.39 is 5.97 Å². The zero-order valence-electron chi connectivity index (χ0n) is 9.11. The molecule has 0 aromatic rings. The van der Waals surface area contributed by atoms with Crippen molar-refractivity contribution in [3.63, 3.8) is 0 Å². The number of rotatable bonds is 5. The molecular weight excluding hydrogens is 192 g/mol. The number of allylic oxidation sites excluding steroid dienone is 2. The Morgan fingerprint density at radius 2 is 2.13 bits per heavy atom. The fourth-order valence-electron chi connectivity index (χ4n) is 2.25. The molecule has 0 aliphatic heterocycles. The van der Waals surface area contributed by atoms with E-state index in [-0.39, 0.29) is 12.2 Å². The minimum Gasteiger partial charge on any atom is -0.481 e. The van der Waals surface area contributed by atoms with Crippen LogP contribution in [0.1, 0.15) is 39.0 Å². The van der Waals surface area contributed by atoms with Crippen molar-refractivity contribution in [2.24, 2.45) is 11.8 Å². The monoisotopic (exact) mass is 210 g/mol. The molecule has 1 aliphatic rings. The fourth-order valence-corrected chi connectivity index (χ4v) is 2.25. The first-order valence-electron chi connectivity index (χ1n) is 5.50. The van der Waals surface area contributed by atoms with Crippen LogP contribution in [0, 0.1) is 11.8 Å². The molecule has 0 amide bonds. The van der Waals surface area contributed by atoms with Gasteiger partial charge in [-0.25, -0.2) is 0 Å². The van der Waals surface area contributed by atoms with E-state index >= 15 is 0 Å². The molecular formula is C12H18O3. The molecule has 84 valence electrons. The second-order valence-corrected chi connectivity index (χ2v) is 4.26. The third kappa shape index (κ3) is 4.28. The van der Waals surface area contributed by atoms with Gasteiger partial charge in [-0.3, -0.25) is 9.59 Å². The van der Waals surface area contributed by atoms with Crippen LogP contribution in [-0.2, 0) is 9.59 Å². The maximum atomic E-state index is 10.8. The summed E-state index contributed by atoms with van der Waals surface area (Å²) in [5.74, 6) is 0.208. The number of hydrogen-bond acceptors (Lipinski definition) is 2. The fraction of sp³-hybridized carbons (Fsp3) is 0.667. The largest absolute Gasteiger partial charge is 0.481 e. The minimum atomic E-state index is -0.726. The number of ketones is 1. The SMILES string of the molecule is CC(=O)C=CC1CCCC1CCC(=O)O. The highest BCUT2D eigenvalue weighted by atomic mass is 16.4. The van der Waals surface area contributed by atoms with Gasteiger partial charge in [-0.05, 0) is 44.1 Å². The van der Waals surface area contributed by atoms with Crippen molar-refractivity contribution in [2.75, 3.05) is 0 Å². The lowest BCUT2D eigenvalue weighted by atomic mass is 9.91. The molecule has 3 nitrogen and oxygen atoms in total. The van der Waals surface area contributed by atoms with Crippen LogP contribution < -0.4 is 0 Å². The van der Waals surface area contributed by atoms with Crippen LogP contribution in [0.4, 0.5) is 0 Å². The molecule has 1 aliphatic carbocycles. The average molecular weight is 210 g/mol. The Hall–Kier alpha value is -1.12. The number of carbonyl (C=O) groups is 2. The van der Waals surface area contributed by atoms with E-state index in [1.54, 1.807) is 6.08 Å². The second kappa shape index (κ2) is 5.69. The molecule has 0 saturated heterocycles. The zero-order valence-corrected chi connectivity index (χ0v) is 9.11. The van der Waals surface area contributed by atoms with Crippen molar-refractivity contribution in [1.82, 2.24) is 0 Å². The first-order chi connectivity index (χ1) is 7.09. The van der Waals surface area contributed by atoms with Crippen LogP contribution in [0.3, 0.4) is 0 Å². The van der Waals surface area contributed by atoms with E-state index in [1.165, 1.54) is 6.92 Å². The summed E-state index contributed by atoms with van der Waals surface area (Å²) in [7, 11) is 0. The summed E-state index contributed by atoms with van der Waals surface area (Å²) in [6.07, 6.45) is 7.90. The van der Waals surface area contributed by atoms with Gasteiger partial charge >= 0.3 is 5.97 Å².